The van der Waals surface area contributed by atoms with Crippen LogP contribution < -0.4 is 0 Å². The van der Waals surface area contributed by atoms with Gasteiger partial charge in [0.1, 0.15) is 5.82 Å². The summed E-state index contributed by atoms with van der Waals surface area (Å²) in [6.45, 7) is 0.514. The fourth-order valence-electron chi connectivity index (χ4n) is 1.28. The van der Waals surface area contributed by atoms with Gasteiger partial charge in [0.15, 0.2) is 0 Å². The summed E-state index contributed by atoms with van der Waals surface area (Å²) >= 11 is 3.19. The van der Waals surface area contributed by atoms with E-state index in [9.17, 15) is 9.18 Å². The molecule has 0 saturated heterocycles. The fourth-order valence-corrected chi connectivity index (χ4v) is 1.61. The first kappa shape index (κ1) is 13.1. The molecule has 0 aromatic heterocycles. The highest BCUT2D eigenvalue weighted by Gasteiger charge is 2.09. The first-order valence-electron chi connectivity index (χ1n) is 4.72. The molecule has 0 spiro atoms. The number of methoxy groups -OCH3 is 1. The number of rotatable bonds is 4. The van der Waals surface area contributed by atoms with Gasteiger partial charge in [0.2, 0.25) is 0 Å². The number of carbonyl (C=O) groups excluding carboxylic acids is 1. The summed E-state index contributed by atoms with van der Waals surface area (Å²) < 4.78 is 18.7. The summed E-state index contributed by atoms with van der Waals surface area (Å²) in [5.74, 6) is -0.619. The van der Waals surface area contributed by atoms with Gasteiger partial charge in [0.25, 0.3) is 0 Å². The molecule has 0 aliphatic heterocycles. The molecule has 1 aromatic carbocycles. The highest BCUT2D eigenvalue weighted by atomic mass is 79.9. The molecule has 88 valence electrons. The Hall–Kier alpha value is -0.940. The minimum absolute atomic E-state index is 0.145. The third kappa shape index (κ3) is 3.90. The van der Waals surface area contributed by atoms with Crippen molar-refractivity contribution < 1.29 is 13.9 Å². The van der Waals surface area contributed by atoms with Crippen molar-refractivity contribution in [3.8, 4) is 0 Å². The topological polar surface area (TPSA) is 29.5 Å². The van der Waals surface area contributed by atoms with Crippen molar-refractivity contribution >= 4 is 21.9 Å². The molecule has 1 rings (SSSR count). The van der Waals surface area contributed by atoms with Gasteiger partial charge in [-0.05, 0) is 19.2 Å². The molecule has 0 fully saturated rings. The smallest absolute Gasteiger partial charge is 0.319 e. The minimum Gasteiger partial charge on any atom is -0.468 e. The predicted octanol–water partition coefficient (Wildman–Crippen LogP) is 2.19. The minimum atomic E-state index is -0.333. The second-order valence-electron chi connectivity index (χ2n) is 3.48. The zero-order valence-corrected chi connectivity index (χ0v) is 10.8. The van der Waals surface area contributed by atoms with Gasteiger partial charge in [-0.3, -0.25) is 9.69 Å². The van der Waals surface area contributed by atoms with E-state index < -0.39 is 0 Å². The Morgan fingerprint density at radius 2 is 2.25 bits per heavy atom. The Bertz CT molecular complexity index is 384. The second kappa shape index (κ2) is 5.96. The predicted molar refractivity (Wildman–Crippen MR) is 62.5 cm³/mol. The standard InChI is InChI=1S/C11H13BrFNO2/c1-14(7-11(15)16-2)6-8-3-4-9(12)5-10(8)13/h3-5H,6-7H2,1-2H3. The number of carbonyl (C=O) groups is 1. The lowest BCUT2D eigenvalue weighted by Crippen LogP contribution is -2.26. The highest BCUT2D eigenvalue weighted by molar-refractivity contribution is 9.10. The van der Waals surface area contributed by atoms with Crippen LogP contribution in [0.5, 0.6) is 0 Å². The molecule has 0 unspecified atom stereocenters. The van der Waals surface area contributed by atoms with Crippen molar-refractivity contribution in [3.63, 3.8) is 0 Å². The largest absolute Gasteiger partial charge is 0.468 e. The number of ether oxygens (including phenoxy) is 1. The Morgan fingerprint density at radius 3 is 2.81 bits per heavy atom. The van der Waals surface area contributed by atoms with Gasteiger partial charge in [0, 0.05) is 16.6 Å². The number of likely N-dealkylation sites (N-methyl/N-ethyl adjacent to an activating group) is 1. The van der Waals surface area contributed by atoms with E-state index in [1.807, 2.05) is 0 Å². The van der Waals surface area contributed by atoms with Crippen molar-refractivity contribution in [2.24, 2.45) is 0 Å². The van der Waals surface area contributed by atoms with Crippen LogP contribution in [0.3, 0.4) is 0 Å². The van der Waals surface area contributed by atoms with Crippen LogP contribution in [0.25, 0.3) is 0 Å². The van der Waals surface area contributed by atoms with Gasteiger partial charge in [0.05, 0.1) is 13.7 Å². The Labute approximate surface area is 102 Å². The first-order chi connectivity index (χ1) is 7.52. The van der Waals surface area contributed by atoms with Crippen LogP contribution in [0.1, 0.15) is 5.56 Å². The molecular formula is C11H13BrFNO2. The average Bonchev–Trinajstić information content (AvgIpc) is 2.22. The zero-order chi connectivity index (χ0) is 12.1. The quantitative estimate of drug-likeness (QED) is 0.796. The van der Waals surface area contributed by atoms with Crippen LogP contribution in [0.4, 0.5) is 4.39 Å². The normalized spacial score (nSPS) is 10.6. The first-order valence-corrected chi connectivity index (χ1v) is 5.51. The third-order valence-electron chi connectivity index (χ3n) is 2.08. The van der Waals surface area contributed by atoms with E-state index in [-0.39, 0.29) is 18.3 Å². The van der Waals surface area contributed by atoms with Gasteiger partial charge in [-0.25, -0.2) is 4.39 Å². The second-order valence-corrected chi connectivity index (χ2v) is 4.40. The summed E-state index contributed by atoms with van der Waals surface area (Å²) in [6, 6.07) is 4.86. The van der Waals surface area contributed by atoms with Gasteiger partial charge < -0.3 is 4.74 Å². The van der Waals surface area contributed by atoms with Gasteiger partial charge in [-0.2, -0.15) is 0 Å². The van der Waals surface area contributed by atoms with Crippen molar-refractivity contribution in [2.75, 3.05) is 20.7 Å². The van der Waals surface area contributed by atoms with Crippen LogP contribution in [0.15, 0.2) is 22.7 Å². The third-order valence-corrected chi connectivity index (χ3v) is 2.58. The lowest BCUT2D eigenvalue weighted by Gasteiger charge is -2.15. The van der Waals surface area contributed by atoms with Crippen LogP contribution in [0, 0.1) is 5.82 Å². The number of esters is 1. The molecule has 0 aliphatic rings. The maximum Gasteiger partial charge on any atom is 0.319 e. The van der Waals surface area contributed by atoms with E-state index in [1.165, 1.54) is 13.2 Å². The van der Waals surface area contributed by atoms with Crippen LogP contribution in [0.2, 0.25) is 0 Å². The summed E-state index contributed by atoms with van der Waals surface area (Å²) in [4.78, 5) is 12.7. The van der Waals surface area contributed by atoms with Crippen molar-refractivity contribution in [2.45, 2.75) is 6.54 Å². The number of nitrogens with zero attached hydrogens (tertiary/aromatic N) is 1. The fraction of sp³-hybridized carbons (Fsp3) is 0.364. The molecule has 16 heavy (non-hydrogen) atoms. The molecule has 1 aromatic rings. The molecule has 0 aliphatic carbocycles. The van der Waals surface area contributed by atoms with Crippen LogP contribution in [-0.4, -0.2) is 31.6 Å². The van der Waals surface area contributed by atoms with E-state index >= 15 is 0 Å². The lowest BCUT2D eigenvalue weighted by molar-refractivity contribution is -0.141. The number of halogens is 2. The van der Waals surface area contributed by atoms with E-state index in [0.717, 1.165) is 0 Å². The van der Waals surface area contributed by atoms with Crippen LogP contribution >= 0.6 is 15.9 Å². The van der Waals surface area contributed by atoms with E-state index in [0.29, 0.717) is 16.6 Å². The molecular weight excluding hydrogens is 277 g/mol. The molecule has 0 atom stereocenters. The lowest BCUT2D eigenvalue weighted by atomic mass is 10.2. The van der Waals surface area contributed by atoms with Gasteiger partial charge in [-0.15, -0.1) is 0 Å². The Morgan fingerprint density at radius 1 is 1.56 bits per heavy atom. The van der Waals surface area contributed by atoms with Gasteiger partial charge >= 0.3 is 5.97 Å². The Kier molecular flexibility index (Phi) is 4.89. The number of hydrogen-bond acceptors (Lipinski definition) is 3. The molecule has 0 heterocycles. The molecule has 3 nitrogen and oxygen atoms in total. The summed E-state index contributed by atoms with van der Waals surface area (Å²) in [5.41, 5.74) is 0.551. The van der Waals surface area contributed by atoms with Crippen molar-refractivity contribution in [1.29, 1.82) is 0 Å². The monoisotopic (exact) mass is 289 g/mol. The van der Waals surface area contributed by atoms with Crippen molar-refractivity contribution in [1.82, 2.24) is 4.90 Å². The molecule has 5 heteroatoms. The van der Waals surface area contributed by atoms with Crippen molar-refractivity contribution in [3.05, 3.63) is 34.1 Å². The van der Waals surface area contributed by atoms with Gasteiger partial charge in [-0.1, -0.05) is 22.0 Å². The SMILES string of the molecule is COC(=O)CN(C)Cc1ccc(Br)cc1F. The number of hydrogen-bond donors (Lipinski definition) is 0. The summed E-state index contributed by atoms with van der Waals surface area (Å²) in [6.07, 6.45) is 0. The van der Waals surface area contributed by atoms with Crippen LogP contribution in [-0.2, 0) is 16.1 Å². The molecule has 0 radical (unpaired) electrons. The summed E-state index contributed by atoms with van der Waals surface area (Å²) in [5, 5.41) is 0. The summed E-state index contributed by atoms with van der Waals surface area (Å²) in [7, 11) is 3.06. The molecule has 0 N–H and O–H groups in total. The maximum atomic E-state index is 13.5. The Balaban J connectivity index is 2.62. The van der Waals surface area contributed by atoms with E-state index in [4.69, 9.17) is 0 Å². The van der Waals surface area contributed by atoms with E-state index in [2.05, 4.69) is 20.7 Å². The highest BCUT2D eigenvalue weighted by Crippen LogP contribution is 2.16. The molecule has 0 bridgehead atoms. The van der Waals surface area contributed by atoms with E-state index in [1.54, 1.807) is 24.1 Å². The zero-order valence-electron chi connectivity index (χ0n) is 9.17. The average molecular weight is 290 g/mol. The maximum absolute atomic E-state index is 13.5. The number of benzene rings is 1. The molecule has 0 saturated carbocycles. The molecule has 0 amide bonds.